The average Bonchev–Trinajstić information content (AvgIpc) is 2.86. The van der Waals surface area contributed by atoms with Crippen molar-refractivity contribution in [2.75, 3.05) is 0 Å². The van der Waals surface area contributed by atoms with Gasteiger partial charge in [0.1, 0.15) is 0 Å². The summed E-state index contributed by atoms with van der Waals surface area (Å²) in [5.74, 6) is 0. The van der Waals surface area contributed by atoms with Gasteiger partial charge in [-0.3, -0.25) is 0 Å². The van der Waals surface area contributed by atoms with Crippen molar-refractivity contribution in [2.45, 2.75) is 24.1 Å². The first-order valence-electron chi connectivity index (χ1n) is 5.07. The third kappa shape index (κ3) is 2.92. The monoisotopic (exact) mass is 322 g/mol. The van der Waals surface area contributed by atoms with Gasteiger partial charge in [0.15, 0.2) is 8.68 Å². The Balaban J connectivity index is 2.25. The van der Waals surface area contributed by atoms with E-state index in [4.69, 9.17) is 11.6 Å². The fourth-order valence-electron chi connectivity index (χ4n) is 1.48. The molecule has 4 nitrogen and oxygen atoms in total. The molecule has 0 amide bonds. The maximum atomic E-state index is 12.2. The SMILES string of the molecule is Cc1nc(Cl)sc1S(=O)(=O)NC(C)c1ccsc1. The largest absolute Gasteiger partial charge is 0.252 e. The second-order valence-corrected chi connectivity index (χ2v) is 8.01. The van der Waals surface area contributed by atoms with Crippen LogP contribution in [0, 0.1) is 6.92 Å². The summed E-state index contributed by atoms with van der Waals surface area (Å²) >= 11 is 8.22. The second-order valence-electron chi connectivity index (χ2n) is 3.74. The minimum Gasteiger partial charge on any atom is -0.229 e. The Morgan fingerprint density at radius 3 is 2.72 bits per heavy atom. The molecule has 0 saturated heterocycles. The van der Waals surface area contributed by atoms with E-state index in [-0.39, 0.29) is 14.7 Å². The fraction of sp³-hybridized carbons (Fsp3) is 0.300. The predicted octanol–water partition coefficient (Wildman–Crippen LogP) is 3.21. The second kappa shape index (κ2) is 5.26. The van der Waals surface area contributed by atoms with Crippen LogP contribution in [0.15, 0.2) is 21.0 Å². The minimum atomic E-state index is -3.57. The van der Waals surface area contributed by atoms with Crippen LogP contribution in [0.5, 0.6) is 0 Å². The maximum Gasteiger partial charge on any atom is 0.252 e. The van der Waals surface area contributed by atoms with Crippen molar-refractivity contribution in [3.8, 4) is 0 Å². The molecule has 18 heavy (non-hydrogen) atoms. The van der Waals surface area contributed by atoms with Crippen molar-refractivity contribution in [2.24, 2.45) is 0 Å². The molecule has 2 aromatic rings. The van der Waals surface area contributed by atoms with Crippen molar-refractivity contribution in [3.63, 3.8) is 0 Å². The number of hydrogen-bond acceptors (Lipinski definition) is 5. The zero-order chi connectivity index (χ0) is 13.3. The molecule has 0 bridgehead atoms. The number of nitrogens with one attached hydrogen (secondary N) is 1. The van der Waals surface area contributed by atoms with E-state index in [0.717, 1.165) is 16.9 Å². The van der Waals surface area contributed by atoms with Gasteiger partial charge >= 0.3 is 0 Å². The van der Waals surface area contributed by atoms with E-state index >= 15 is 0 Å². The number of halogens is 1. The topological polar surface area (TPSA) is 59.1 Å². The molecule has 0 aliphatic carbocycles. The summed E-state index contributed by atoms with van der Waals surface area (Å²) in [5.41, 5.74) is 1.37. The molecule has 1 unspecified atom stereocenters. The predicted molar refractivity (Wildman–Crippen MR) is 74.9 cm³/mol. The normalized spacial score (nSPS) is 13.7. The number of thiophene rings is 1. The molecule has 2 heterocycles. The van der Waals surface area contributed by atoms with Crippen molar-refractivity contribution in [3.05, 3.63) is 32.6 Å². The molecule has 0 spiro atoms. The Bertz CT molecular complexity index is 634. The highest BCUT2D eigenvalue weighted by Crippen LogP contribution is 2.28. The highest BCUT2D eigenvalue weighted by Gasteiger charge is 2.23. The van der Waals surface area contributed by atoms with Gasteiger partial charge < -0.3 is 0 Å². The first kappa shape index (κ1) is 14.0. The van der Waals surface area contributed by atoms with Crippen molar-refractivity contribution < 1.29 is 8.42 Å². The summed E-state index contributed by atoms with van der Waals surface area (Å²) < 4.78 is 27.4. The highest BCUT2D eigenvalue weighted by molar-refractivity contribution is 7.91. The van der Waals surface area contributed by atoms with Crippen molar-refractivity contribution in [1.29, 1.82) is 0 Å². The van der Waals surface area contributed by atoms with Gasteiger partial charge in [-0.15, -0.1) is 0 Å². The molecule has 0 radical (unpaired) electrons. The Morgan fingerprint density at radius 2 is 2.22 bits per heavy atom. The summed E-state index contributed by atoms with van der Waals surface area (Å²) in [6.07, 6.45) is 0. The number of hydrogen-bond donors (Lipinski definition) is 1. The van der Waals surface area contributed by atoms with E-state index < -0.39 is 10.0 Å². The van der Waals surface area contributed by atoms with Crippen molar-refractivity contribution in [1.82, 2.24) is 9.71 Å². The third-order valence-corrected chi connectivity index (χ3v) is 6.46. The van der Waals surface area contributed by atoms with Crippen LogP contribution in [0.25, 0.3) is 0 Å². The first-order chi connectivity index (χ1) is 8.40. The molecule has 98 valence electrons. The van der Waals surface area contributed by atoms with Crippen molar-refractivity contribution >= 4 is 44.3 Å². The Hall–Kier alpha value is -0.470. The number of sulfonamides is 1. The Labute approximate surface area is 119 Å². The molecule has 1 N–H and O–H groups in total. The zero-order valence-corrected chi connectivity index (χ0v) is 12.9. The van der Waals surface area contributed by atoms with Gasteiger partial charge in [0.2, 0.25) is 0 Å². The van der Waals surface area contributed by atoms with E-state index in [2.05, 4.69) is 9.71 Å². The van der Waals surface area contributed by atoms with Crippen LogP contribution in [0.3, 0.4) is 0 Å². The zero-order valence-electron chi connectivity index (χ0n) is 9.68. The van der Waals surface area contributed by atoms with E-state index in [0.29, 0.717) is 5.69 Å². The molecule has 0 aromatic carbocycles. The number of nitrogens with zero attached hydrogens (tertiary/aromatic N) is 1. The minimum absolute atomic E-state index is 0.176. The van der Waals surface area contributed by atoms with Crippen LogP contribution >= 0.6 is 34.3 Å². The summed E-state index contributed by atoms with van der Waals surface area (Å²) in [5, 5.41) is 3.83. The van der Waals surface area contributed by atoms with E-state index in [1.165, 1.54) is 11.3 Å². The lowest BCUT2D eigenvalue weighted by molar-refractivity contribution is 0.568. The molecule has 2 rings (SSSR count). The lowest BCUT2D eigenvalue weighted by Gasteiger charge is -2.12. The number of rotatable bonds is 4. The van der Waals surface area contributed by atoms with Crippen LogP contribution in [0.4, 0.5) is 0 Å². The summed E-state index contributed by atoms with van der Waals surface area (Å²) in [6.45, 7) is 3.43. The van der Waals surface area contributed by atoms with Crippen LogP contribution in [-0.4, -0.2) is 13.4 Å². The summed E-state index contributed by atoms with van der Waals surface area (Å²) in [7, 11) is -3.57. The molecule has 0 fully saturated rings. The van der Waals surface area contributed by atoms with Gasteiger partial charge in [0.05, 0.1) is 5.69 Å². The van der Waals surface area contributed by atoms with Crippen LogP contribution in [0.1, 0.15) is 24.2 Å². The van der Waals surface area contributed by atoms with Gasteiger partial charge in [0.25, 0.3) is 10.0 Å². The average molecular weight is 323 g/mol. The summed E-state index contributed by atoms with van der Waals surface area (Å²) in [4.78, 5) is 3.91. The van der Waals surface area contributed by atoms with E-state index in [1.54, 1.807) is 13.8 Å². The molecular formula is C10H11ClN2O2S3. The van der Waals surface area contributed by atoms with Gasteiger partial charge in [-0.05, 0) is 36.2 Å². The third-order valence-electron chi connectivity index (χ3n) is 2.35. The Morgan fingerprint density at radius 1 is 1.50 bits per heavy atom. The molecule has 2 aromatic heterocycles. The van der Waals surface area contributed by atoms with Gasteiger partial charge in [-0.25, -0.2) is 18.1 Å². The van der Waals surface area contributed by atoms with Gasteiger partial charge in [-0.1, -0.05) is 22.9 Å². The summed E-state index contributed by atoms with van der Waals surface area (Å²) in [6, 6.07) is 1.62. The quantitative estimate of drug-likeness (QED) is 0.940. The Kier molecular flexibility index (Phi) is 4.08. The number of thiazole rings is 1. The lowest BCUT2D eigenvalue weighted by atomic mass is 10.2. The molecular weight excluding hydrogens is 312 g/mol. The molecule has 0 aliphatic heterocycles. The number of aromatic nitrogens is 1. The maximum absolute atomic E-state index is 12.2. The molecule has 1 atom stereocenters. The fourth-order valence-corrected chi connectivity index (χ4v) is 5.22. The molecule has 8 heteroatoms. The molecule has 0 saturated carbocycles. The van der Waals surface area contributed by atoms with Crippen LogP contribution in [0.2, 0.25) is 4.47 Å². The standard InChI is InChI=1S/C10H11ClN2O2S3/c1-6(8-3-4-16-5-8)13-18(14,15)9-7(2)12-10(11)17-9/h3-6,13H,1-2H3. The van der Waals surface area contributed by atoms with Gasteiger partial charge in [-0.2, -0.15) is 11.3 Å². The number of aryl methyl sites for hydroxylation is 1. The van der Waals surface area contributed by atoms with Crippen LogP contribution < -0.4 is 4.72 Å². The first-order valence-corrected chi connectivity index (χ1v) is 8.69. The smallest absolute Gasteiger partial charge is 0.229 e. The van der Waals surface area contributed by atoms with E-state index in [9.17, 15) is 8.42 Å². The molecule has 0 aliphatic rings. The van der Waals surface area contributed by atoms with Crippen LogP contribution in [-0.2, 0) is 10.0 Å². The lowest BCUT2D eigenvalue weighted by Crippen LogP contribution is -2.26. The van der Waals surface area contributed by atoms with E-state index in [1.807, 2.05) is 16.8 Å². The highest BCUT2D eigenvalue weighted by atomic mass is 35.5. The van der Waals surface area contributed by atoms with Gasteiger partial charge in [0, 0.05) is 6.04 Å².